The Kier molecular flexibility index (Phi) is 6.75. The minimum absolute atomic E-state index is 0.0772. The molecule has 1 rings (SSSR count). The van der Waals surface area contributed by atoms with Gasteiger partial charge in [0.05, 0.1) is 18.8 Å². The zero-order valence-electron chi connectivity index (χ0n) is 13.6. The lowest BCUT2D eigenvalue weighted by Gasteiger charge is -2.23. The molecule has 0 radical (unpaired) electrons. The van der Waals surface area contributed by atoms with Crippen molar-refractivity contribution in [3.05, 3.63) is 35.9 Å². The van der Waals surface area contributed by atoms with Gasteiger partial charge in [-0.3, -0.25) is 14.4 Å². The molecule has 1 aromatic carbocycles. The predicted molar refractivity (Wildman–Crippen MR) is 82.4 cm³/mol. The van der Waals surface area contributed by atoms with Crippen molar-refractivity contribution in [2.75, 3.05) is 0 Å². The summed E-state index contributed by atoms with van der Waals surface area (Å²) >= 11 is 0. The van der Waals surface area contributed by atoms with E-state index in [-0.39, 0.29) is 13.0 Å². The first-order chi connectivity index (χ1) is 10.7. The van der Waals surface area contributed by atoms with Crippen molar-refractivity contribution < 1.29 is 29.0 Å². The molecule has 6 heteroatoms. The Morgan fingerprint density at radius 1 is 1.09 bits per heavy atom. The van der Waals surface area contributed by atoms with Gasteiger partial charge in [-0.2, -0.15) is 0 Å². The normalized spacial score (nSPS) is 12.3. The average Bonchev–Trinajstić information content (AvgIpc) is 2.43. The SMILES string of the molecule is CC(C)(C)OC(=O)[C@@H](CC(=O)O)CC(=O)OCc1ccccc1. The van der Waals surface area contributed by atoms with Crippen molar-refractivity contribution >= 4 is 17.9 Å². The van der Waals surface area contributed by atoms with Crippen LogP contribution in [0.1, 0.15) is 39.2 Å². The van der Waals surface area contributed by atoms with E-state index in [1.54, 1.807) is 32.9 Å². The van der Waals surface area contributed by atoms with Crippen LogP contribution in [-0.2, 0) is 30.5 Å². The molecular formula is C17H22O6. The van der Waals surface area contributed by atoms with Crippen LogP contribution in [0.5, 0.6) is 0 Å². The Bertz CT molecular complexity index is 544. The van der Waals surface area contributed by atoms with Crippen LogP contribution in [-0.4, -0.2) is 28.6 Å². The lowest BCUT2D eigenvalue weighted by Crippen LogP contribution is -2.31. The van der Waals surface area contributed by atoms with Gasteiger partial charge in [-0.15, -0.1) is 0 Å². The third-order valence-electron chi connectivity index (χ3n) is 2.82. The molecule has 6 nitrogen and oxygen atoms in total. The molecule has 0 bridgehead atoms. The van der Waals surface area contributed by atoms with Crippen LogP contribution >= 0.6 is 0 Å². The number of hydrogen-bond donors (Lipinski definition) is 1. The fourth-order valence-electron chi connectivity index (χ4n) is 1.83. The van der Waals surface area contributed by atoms with Gasteiger partial charge >= 0.3 is 17.9 Å². The number of hydrogen-bond acceptors (Lipinski definition) is 5. The molecule has 1 aromatic rings. The Morgan fingerprint density at radius 2 is 1.70 bits per heavy atom. The number of carboxylic acid groups (broad SMARTS) is 1. The largest absolute Gasteiger partial charge is 0.481 e. The van der Waals surface area contributed by atoms with E-state index >= 15 is 0 Å². The van der Waals surface area contributed by atoms with Crippen LogP contribution in [0.2, 0.25) is 0 Å². The van der Waals surface area contributed by atoms with Gasteiger partial charge in [0.15, 0.2) is 0 Å². The smallest absolute Gasteiger partial charge is 0.310 e. The van der Waals surface area contributed by atoms with E-state index in [1.807, 2.05) is 18.2 Å². The number of esters is 2. The van der Waals surface area contributed by atoms with Crippen molar-refractivity contribution in [3.8, 4) is 0 Å². The van der Waals surface area contributed by atoms with E-state index < -0.39 is 35.8 Å². The summed E-state index contributed by atoms with van der Waals surface area (Å²) in [6, 6.07) is 9.08. The predicted octanol–water partition coefficient (Wildman–Crippen LogP) is 2.55. The fourth-order valence-corrected chi connectivity index (χ4v) is 1.83. The zero-order chi connectivity index (χ0) is 17.5. The molecule has 0 saturated heterocycles. The third kappa shape index (κ3) is 7.99. The number of aliphatic carboxylic acids is 1. The van der Waals surface area contributed by atoms with Crippen LogP contribution in [0.25, 0.3) is 0 Å². The summed E-state index contributed by atoms with van der Waals surface area (Å²) in [6.07, 6.45) is -0.802. The molecule has 0 saturated carbocycles. The van der Waals surface area contributed by atoms with Crippen LogP contribution < -0.4 is 0 Å². The van der Waals surface area contributed by atoms with Gasteiger partial charge in [0.1, 0.15) is 12.2 Å². The minimum Gasteiger partial charge on any atom is -0.481 e. The van der Waals surface area contributed by atoms with Gasteiger partial charge in [0, 0.05) is 0 Å². The van der Waals surface area contributed by atoms with Crippen LogP contribution in [0.4, 0.5) is 0 Å². The standard InChI is InChI=1S/C17H22O6/c1-17(2,3)23-16(21)13(9-14(18)19)10-15(20)22-11-12-7-5-4-6-8-12/h4-8,13H,9-11H2,1-3H3,(H,18,19)/t13-/m0/s1. The maximum absolute atomic E-state index is 12.0. The lowest BCUT2D eigenvalue weighted by atomic mass is 10.0. The molecular weight excluding hydrogens is 300 g/mol. The molecule has 0 spiro atoms. The van der Waals surface area contributed by atoms with Crippen LogP contribution in [0.15, 0.2) is 30.3 Å². The Morgan fingerprint density at radius 3 is 2.22 bits per heavy atom. The highest BCUT2D eigenvalue weighted by molar-refractivity contribution is 5.84. The lowest BCUT2D eigenvalue weighted by molar-refractivity contribution is -0.166. The molecule has 0 aromatic heterocycles. The summed E-state index contributed by atoms with van der Waals surface area (Å²) in [4.78, 5) is 34.7. The summed E-state index contributed by atoms with van der Waals surface area (Å²) in [7, 11) is 0. The fraction of sp³-hybridized carbons (Fsp3) is 0.471. The molecule has 0 unspecified atom stereocenters. The number of carboxylic acids is 1. The van der Waals surface area contributed by atoms with Gasteiger partial charge in [0.25, 0.3) is 0 Å². The molecule has 0 heterocycles. The molecule has 1 N–H and O–H groups in total. The molecule has 0 fully saturated rings. The van der Waals surface area contributed by atoms with Gasteiger partial charge in [-0.05, 0) is 26.3 Å². The monoisotopic (exact) mass is 322 g/mol. The maximum Gasteiger partial charge on any atom is 0.310 e. The quantitative estimate of drug-likeness (QED) is 0.776. The number of ether oxygens (including phenoxy) is 2. The number of carbonyl (C=O) groups excluding carboxylic acids is 2. The second-order valence-electron chi connectivity index (χ2n) is 6.18. The zero-order valence-corrected chi connectivity index (χ0v) is 13.6. The first-order valence-corrected chi connectivity index (χ1v) is 7.31. The highest BCUT2D eigenvalue weighted by Crippen LogP contribution is 2.18. The van der Waals surface area contributed by atoms with Crippen molar-refractivity contribution in [2.45, 2.75) is 45.8 Å². The van der Waals surface area contributed by atoms with Crippen LogP contribution in [0.3, 0.4) is 0 Å². The summed E-state index contributed by atoms with van der Waals surface area (Å²) in [6.45, 7) is 5.11. The van der Waals surface area contributed by atoms with Crippen molar-refractivity contribution in [3.63, 3.8) is 0 Å². The molecule has 0 amide bonds. The van der Waals surface area contributed by atoms with Crippen molar-refractivity contribution in [2.24, 2.45) is 5.92 Å². The number of benzene rings is 1. The van der Waals surface area contributed by atoms with Gasteiger partial charge in [-0.25, -0.2) is 0 Å². The highest BCUT2D eigenvalue weighted by atomic mass is 16.6. The average molecular weight is 322 g/mol. The van der Waals surface area contributed by atoms with Crippen molar-refractivity contribution in [1.82, 2.24) is 0 Å². The first kappa shape index (κ1) is 18.7. The third-order valence-corrected chi connectivity index (χ3v) is 2.82. The Hall–Kier alpha value is -2.37. The summed E-state index contributed by atoms with van der Waals surface area (Å²) in [5.41, 5.74) is 0.0646. The van der Waals surface area contributed by atoms with Gasteiger partial charge in [0.2, 0.25) is 0 Å². The topological polar surface area (TPSA) is 89.9 Å². The number of carbonyl (C=O) groups is 3. The number of rotatable bonds is 7. The van der Waals surface area contributed by atoms with E-state index in [9.17, 15) is 14.4 Å². The van der Waals surface area contributed by atoms with E-state index in [2.05, 4.69) is 0 Å². The molecule has 0 aliphatic heterocycles. The van der Waals surface area contributed by atoms with E-state index in [4.69, 9.17) is 14.6 Å². The summed E-state index contributed by atoms with van der Waals surface area (Å²) in [5, 5.41) is 8.89. The Labute approximate surface area is 135 Å². The summed E-state index contributed by atoms with van der Waals surface area (Å²) in [5.74, 6) is -3.57. The second kappa shape index (κ2) is 8.31. The van der Waals surface area contributed by atoms with E-state index in [0.29, 0.717) is 0 Å². The molecule has 126 valence electrons. The summed E-state index contributed by atoms with van der Waals surface area (Å²) < 4.78 is 10.2. The van der Waals surface area contributed by atoms with Crippen LogP contribution in [0, 0.1) is 5.92 Å². The first-order valence-electron chi connectivity index (χ1n) is 7.31. The Balaban J connectivity index is 2.60. The van der Waals surface area contributed by atoms with Gasteiger partial charge in [-0.1, -0.05) is 30.3 Å². The molecule has 23 heavy (non-hydrogen) atoms. The highest BCUT2D eigenvalue weighted by Gasteiger charge is 2.29. The van der Waals surface area contributed by atoms with Crippen molar-refractivity contribution in [1.29, 1.82) is 0 Å². The minimum atomic E-state index is -1.17. The van der Waals surface area contributed by atoms with E-state index in [0.717, 1.165) is 5.56 Å². The molecule has 0 aliphatic rings. The molecule has 1 atom stereocenters. The molecule has 0 aliphatic carbocycles. The van der Waals surface area contributed by atoms with Gasteiger partial charge < -0.3 is 14.6 Å². The maximum atomic E-state index is 12.0. The second-order valence-corrected chi connectivity index (χ2v) is 6.18. The van der Waals surface area contributed by atoms with E-state index in [1.165, 1.54) is 0 Å².